The van der Waals surface area contributed by atoms with Gasteiger partial charge in [-0.2, -0.15) is 0 Å². The number of fused-ring (bicyclic) bond motifs is 1. The number of aromatic amines is 1. The highest BCUT2D eigenvalue weighted by atomic mass is 16.2. The lowest BCUT2D eigenvalue weighted by Gasteiger charge is -2.24. The molecule has 0 saturated carbocycles. The zero-order chi connectivity index (χ0) is 19.7. The molecule has 28 heavy (non-hydrogen) atoms. The van der Waals surface area contributed by atoms with E-state index in [0.29, 0.717) is 29.8 Å². The van der Waals surface area contributed by atoms with Crippen LogP contribution in [0.15, 0.2) is 65.5 Å². The molecule has 3 aromatic rings. The number of amides is 1. The number of ketones is 1. The molecule has 4 rings (SSSR count). The molecule has 5 nitrogen and oxygen atoms in total. The number of hydrogen-bond donors (Lipinski definition) is 2. The summed E-state index contributed by atoms with van der Waals surface area (Å²) in [5, 5.41) is 2.75. The first kappa shape index (κ1) is 17.9. The predicted molar refractivity (Wildman–Crippen MR) is 108 cm³/mol. The Bertz CT molecular complexity index is 1120. The SMILES string of the molecule is Cc1ccccc1NC(=O)c1cc2c([nH]c1=O)CC(c1ccccc1)CC2=O. The molecule has 1 aromatic heterocycles. The van der Waals surface area contributed by atoms with Gasteiger partial charge in [0.15, 0.2) is 5.78 Å². The number of benzene rings is 2. The molecule has 0 aliphatic heterocycles. The average Bonchev–Trinajstić information content (AvgIpc) is 2.69. The van der Waals surface area contributed by atoms with Crippen molar-refractivity contribution in [1.82, 2.24) is 4.98 Å². The highest BCUT2D eigenvalue weighted by Crippen LogP contribution is 2.31. The number of aryl methyl sites for hydroxylation is 1. The molecule has 0 bridgehead atoms. The molecular formula is C23H20N2O3. The average molecular weight is 372 g/mol. The van der Waals surface area contributed by atoms with E-state index in [1.807, 2.05) is 55.5 Å². The predicted octanol–water partition coefficient (Wildman–Crippen LogP) is 3.85. The molecule has 0 radical (unpaired) electrons. The molecule has 5 heteroatoms. The third-order valence-electron chi connectivity index (χ3n) is 5.21. The summed E-state index contributed by atoms with van der Waals surface area (Å²) in [6.07, 6.45) is 0.932. The minimum atomic E-state index is -0.517. The van der Waals surface area contributed by atoms with Crippen LogP contribution in [-0.2, 0) is 6.42 Å². The van der Waals surface area contributed by atoms with Gasteiger partial charge in [-0.1, -0.05) is 48.5 Å². The zero-order valence-corrected chi connectivity index (χ0v) is 15.5. The maximum Gasteiger partial charge on any atom is 0.261 e. The molecule has 2 N–H and O–H groups in total. The number of rotatable bonds is 3. The first-order valence-electron chi connectivity index (χ1n) is 9.24. The number of aromatic nitrogens is 1. The monoisotopic (exact) mass is 372 g/mol. The number of anilines is 1. The van der Waals surface area contributed by atoms with Gasteiger partial charge in [0, 0.05) is 23.4 Å². The molecule has 1 unspecified atom stereocenters. The van der Waals surface area contributed by atoms with Gasteiger partial charge in [-0.05, 0) is 42.5 Å². The molecule has 1 heterocycles. The maximum absolute atomic E-state index is 12.7. The van der Waals surface area contributed by atoms with Crippen molar-refractivity contribution in [2.45, 2.75) is 25.7 Å². The van der Waals surface area contributed by atoms with Gasteiger partial charge in [-0.15, -0.1) is 0 Å². The van der Waals surface area contributed by atoms with Crippen molar-refractivity contribution in [3.8, 4) is 0 Å². The zero-order valence-electron chi connectivity index (χ0n) is 15.5. The van der Waals surface area contributed by atoms with Crippen LogP contribution in [0.2, 0.25) is 0 Å². The summed E-state index contributed by atoms with van der Waals surface area (Å²) in [7, 11) is 0. The van der Waals surface area contributed by atoms with Crippen LogP contribution in [0.1, 0.15) is 49.9 Å². The lowest BCUT2D eigenvalue weighted by molar-refractivity contribution is 0.0963. The number of hydrogen-bond acceptors (Lipinski definition) is 3. The highest BCUT2D eigenvalue weighted by molar-refractivity contribution is 6.07. The Balaban J connectivity index is 1.64. The minimum Gasteiger partial charge on any atom is -0.325 e. The standard InChI is InChI=1S/C23H20N2O3/c1-14-7-5-6-10-19(14)24-22(27)18-13-17-20(25-23(18)28)11-16(12-21(17)26)15-8-3-2-4-9-15/h2-10,13,16H,11-12H2,1H3,(H,24,27)(H,25,28). The van der Waals surface area contributed by atoms with Gasteiger partial charge in [0.1, 0.15) is 5.56 Å². The molecule has 0 spiro atoms. The van der Waals surface area contributed by atoms with Crippen LogP contribution in [0.3, 0.4) is 0 Å². The smallest absolute Gasteiger partial charge is 0.261 e. The number of H-pyrrole nitrogens is 1. The number of para-hydroxylation sites is 1. The van der Waals surface area contributed by atoms with Crippen molar-refractivity contribution in [2.24, 2.45) is 0 Å². The van der Waals surface area contributed by atoms with Crippen LogP contribution in [0.4, 0.5) is 5.69 Å². The van der Waals surface area contributed by atoms with Crippen molar-refractivity contribution in [3.05, 3.63) is 99.0 Å². The van der Waals surface area contributed by atoms with E-state index >= 15 is 0 Å². The molecule has 0 fully saturated rings. The van der Waals surface area contributed by atoms with Gasteiger partial charge < -0.3 is 10.3 Å². The quantitative estimate of drug-likeness (QED) is 0.733. The van der Waals surface area contributed by atoms with Gasteiger partial charge >= 0.3 is 0 Å². The second-order valence-corrected chi connectivity index (χ2v) is 7.11. The van der Waals surface area contributed by atoms with Crippen LogP contribution in [-0.4, -0.2) is 16.7 Å². The third-order valence-corrected chi connectivity index (χ3v) is 5.21. The number of carbonyl (C=O) groups is 2. The second kappa shape index (κ2) is 7.27. The fourth-order valence-corrected chi connectivity index (χ4v) is 3.66. The fraction of sp³-hybridized carbons (Fsp3) is 0.174. The van der Waals surface area contributed by atoms with E-state index in [2.05, 4.69) is 10.3 Å². The maximum atomic E-state index is 12.7. The summed E-state index contributed by atoms with van der Waals surface area (Å²) in [6, 6.07) is 18.6. The summed E-state index contributed by atoms with van der Waals surface area (Å²) in [4.78, 5) is 40.6. The summed E-state index contributed by atoms with van der Waals surface area (Å²) in [5.74, 6) is -0.545. The van der Waals surface area contributed by atoms with Crippen molar-refractivity contribution in [1.29, 1.82) is 0 Å². The second-order valence-electron chi connectivity index (χ2n) is 7.11. The number of pyridine rings is 1. The normalized spacial score (nSPS) is 15.8. The Kier molecular flexibility index (Phi) is 4.65. The van der Waals surface area contributed by atoms with E-state index in [4.69, 9.17) is 0 Å². The molecule has 0 saturated heterocycles. The van der Waals surface area contributed by atoms with Gasteiger partial charge in [-0.25, -0.2) is 0 Å². The van der Waals surface area contributed by atoms with Crippen LogP contribution in [0.25, 0.3) is 0 Å². The Morgan fingerprint density at radius 3 is 2.46 bits per heavy atom. The first-order valence-corrected chi connectivity index (χ1v) is 9.24. The number of carbonyl (C=O) groups excluding carboxylic acids is 2. The molecule has 1 aliphatic carbocycles. The molecule has 1 atom stereocenters. The van der Waals surface area contributed by atoms with Crippen LogP contribution < -0.4 is 10.9 Å². The summed E-state index contributed by atoms with van der Waals surface area (Å²) >= 11 is 0. The van der Waals surface area contributed by atoms with Crippen molar-refractivity contribution < 1.29 is 9.59 Å². The van der Waals surface area contributed by atoms with Crippen molar-refractivity contribution in [2.75, 3.05) is 5.32 Å². The largest absolute Gasteiger partial charge is 0.325 e. The summed E-state index contributed by atoms with van der Waals surface area (Å²) < 4.78 is 0. The number of nitrogens with one attached hydrogen (secondary N) is 2. The topological polar surface area (TPSA) is 79.0 Å². The van der Waals surface area contributed by atoms with E-state index < -0.39 is 11.5 Å². The van der Waals surface area contributed by atoms with E-state index in [1.54, 1.807) is 6.07 Å². The number of Topliss-reactive ketones (excluding diaryl/α,β-unsaturated/α-hetero) is 1. The lowest BCUT2D eigenvalue weighted by Crippen LogP contribution is -2.29. The Hall–Kier alpha value is -3.47. The van der Waals surface area contributed by atoms with E-state index in [-0.39, 0.29) is 17.3 Å². The van der Waals surface area contributed by atoms with Crippen molar-refractivity contribution >= 4 is 17.4 Å². The molecular weight excluding hydrogens is 352 g/mol. The van der Waals surface area contributed by atoms with Crippen LogP contribution >= 0.6 is 0 Å². The first-order chi connectivity index (χ1) is 13.5. The molecule has 1 aliphatic rings. The van der Waals surface area contributed by atoms with Gasteiger partial charge in [0.25, 0.3) is 11.5 Å². The molecule has 1 amide bonds. The minimum absolute atomic E-state index is 0.0310. The van der Waals surface area contributed by atoms with E-state index in [0.717, 1.165) is 11.1 Å². The lowest BCUT2D eigenvalue weighted by atomic mass is 9.81. The molecule has 140 valence electrons. The molecule has 2 aromatic carbocycles. The summed E-state index contributed by atoms with van der Waals surface area (Å²) in [6.45, 7) is 1.87. The van der Waals surface area contributed by atoms with Gasteiger partial charge in [0.2, 0.25) is 0 Å². The Labute approximate surface area is 162 Å². The van der Waals surface area contributed by atoms with Gasteiger partial charge in [-0.3, -0.25) is 14.4 Å². The van der Waals surface area contributed by atoms with Crippen molar-refractivity contribution in [3.63, 3.8) is 0 Å². The van der Waals surface area contributed by atoms with Crippen LogP contribution in [0.5, 0.6) is 0 Å². The fourth-order valence-electron chi connectivity index (χ4n) is 3.66. The van der Waals surface area contributed by atoms with Crippen LogP contribution in [0, 0.1) is 6.92 Å². The Morgan fingerprint density at radius 1 is 1.00 bits per heavy atom. The summed E-state index contributed by atoms with van der Waals surface area (Å²) in [5.41, 5.74) is 3.11. The van der Waals surface area contributed by atoms with E-state index in [9.17, 15) is 14.4 Å². The third kappa shape index (κ3) is 3.39. The highest BCUT2D eigenvalue weighted by Gasteiger charge is 2.28. The Morgan fingerprint density at radius 2 is 1.71 bits per heavy atom. The van der Waals surface area contributed by atoms with E-state index in [1.165, 1.54) is 6.07 Å². The van der Waals surface area contributed by atoms with Gasteiger partial charge in [0.05, 0.1) is 0 Å².